The predicted molar refractivity (Wildman–Crippen MR) is 132 cm³/mol. The van der Waals surface area contributed by atoms with Gasteiger partial charge in [0.05, 0.1) is 11.8 Å². The predicted octanol–water partition coefficient (Wildman–Crippen LogP) is 3.13. The Labute approximate surface area is 206 Å². The lowest BCUT2D eigenvalue weighted by molar-refractivity contribution is -0.120. The Morgan fingerprint density at radius 1 is 1.25 bits per heavy atom. The highest BCUT2D eigenvalue weighted by Crippen LogP contribution is 2.31. The van der Waals surface area contributed by atoms with Gasteiger partial charge in [0.2, 0.25) is 17.5 Å². The van der Waals surface area contributed by atoms with Crippen LogP contribution in [0.25, 0.3) is 22.8 Å². The number of anilines is 2. The number of carbonyl (C=O) groups is 1. The standard InChI is InChI=1S/C25H26N6O5/c1-29(2)11-12-31-19-14-17(5-6-20(19)35-25(31)33)27-22(32)16-7-9-30(10-8-16)24-18(15-26)28-23(36-24)21-4-3-13-34-21/h3-6,13-14,16H,7-12H2,1-2H3,(H,27,32). The Hall–Kier alpha value is -4.30. The van der Waals surface area contributed by atoms with Gasteiger partial charge in [0.25, 0.3) is 5.89 Å². The molecule has 11 nitrogen and oxygen atoms in total. The topological polar surface area (TPSA) is 134 Å². The number of likely N-dealkylation sites (N-methyl/N-ethyl adjacent to an activating group) is 1. The molecule has 0 aliphatic carbocycles. The number of carbonyl (C=O) groups excluding carboxylic acids is 1. The summed E-state index contributed by atoms with van der Waals surface area (Å²) in [5.74, 6) is 0.397. The van der Waals surface area contributed by atoms with E-state index in [0.717, 1.165) is 0 Å². The molecule has 4 heterocycles. The van der Waals surface area contributed by atoms with Crippen molar-refractivity contribution in [2.75, 3.05) is 43.9 Å². The lowest BCUT2D eigenvalue weighted by atomic mass is 9.96. The third-order valence-electron chi connectivity index (χ3n) is 6.31. The normalized spacial score (nSPS) is 14.4. The molecular formula is C25H26N6O5. The number of amides is 1. The molecule has 36 heavy (non-hydrogen) atoms. The van der Waals surface area contributed by atoms with E-state index < -0.39 is 5.76 Å². The van der Waals surface area contributed by atoms with Gasteiger partial charge in [0.1, 0.15) is 6.07 Å². The zero-order valence-corrected chi connectivity index (χ0v) is 20.1. The van der Waals surface area contributed by atoms with Crippen LogP contribution in [0.5, 0.6) is 0 Å². The van der Waals surface area contributed by atoms with E-state index in [0.29, 0.717) is 67.5 Å². The average molecular weight is 491 g/mol. The van der Waals surface area contributed by atoms with Crippen LogP contribution in [0.3, 0.4) is 0 Å². The van der Waals surface area contributed by atoms with Crippen molar-refractivity contribution >= 4 is 28.6 Å². The van der Waals surface area contributed by atoms with Gasteiger partial charge < -0.3 is 28.4 Å². The molecule has 0 spiro atoms. The summed E-state index contributed by atoms with van der Waals surface area (Å²) in [5.41, 5.74) is 1.94. The third-order valence-corrected chi connectivity index (χ3v) is 6.31. The molecule has 186 valence electrons. The largest absolute Gasteiger partial charge is 0.459 e. The van der Waals surface area contributed by atoms with Gasteiger partial charge >= 0.3 is 5.76 Å². The molecule has 1 aromatic carbocycles. The first-order valence-corrected chi connectivity index (χ1v) is 11.7. The zero-order chi connectivity index (χ0) is 25.2. The molecule has 0 bridgehead atoms. The monoisotopic (exact) mass is 490 g/mol. The average Bonchev–Trinajstić information content (AvgIpc) is 3.61. The summed E-state index contributed by atoms with van der Waals surface area (Å²) in [6.07, 6.45) is 2.70. The lowest BCUT2D eigenvalue weighted by Gasteiger charge is -2.30. The molecule has 3 aromatic heterocycles. The molecule has 0 saturated carbocycles. The van der Waals surface area contributed by atoms with Crippen LogP contribution in [0, 0.1) is 17.2 Å². The first-order valence-electron chi connectivity index (χ1n) is 11.7. The minimum Gasteiger partial charge on any atom is -0.459 e. The number of hydrogen-bond acceptors (Lipinski definition) is 9. The van der Waals surface area contributed by atoms with E-state index in [-0.39, 0.29) is 23.4 Å². The number of nitrogens with one attached hydrogen (secondary N) is 1. The van der Waals surface area contributed by atoms with Gasteiger partial charge in [0.15, 0.2) is 11.3 Å². The van der Waals surface area contributed by atoms with E-state index in [1.165, 1.54) is 6.26 Å². The summed E-state index contributed by atoms with van der Waals surface area (Å²) in [5, 5.41) is 12.5. The Balaban J connectivity index is 1.25. The van der Waals surface area contributed by atoms with Crippen molar-refractivity contribution in [2.45, 2.75) is 19.4 Å². The summed E-state index contributed by atoms with van der Waals surface area (Å²) < 4.78 is 18.1. The Bertz CT molecular complexity index is 1460. The molecule has 0 radical (unpaired) electrons. The van der Waals surface area contributed by atoms with Crippen molar-refractivity contribution in [3.05, 3.63) is 52.8 Å². The maximum absolute atomic E-state index is 13.0. The number of nitrogens with zero attached hydrogens (tertiary/aromatic N) is 5. The number of nitriles is 1. The number of furan rings is 1. The van der Waals surface area contributed by atoms with Gasteiger partial charge in [0, 0.05) is 37.8 Å². The molecule has 1 N–H and O–H groups in total. The van der Waals surface area contributed by atoms with E-state index in [9.17, 15) is 14.9 Å². The van der Waals surface area contributed by atoms with E-state index in [4.69, 9.17) is 13.3 Å². The van der Waals surface area contributed by atoms with Crippen molar-refractivity contribution < 1.29 is 18.0 Å². The third kappa shape index (κ3) is 4.63. The number of benzene rings is 1. The van der Waals surface area contributed by atoms with E-state index in [2.05, 4.69) is 16.4 Å². The molecule has 1 aliphatic rings. The van der Waals surface area contributed by atoms with Crippen molar-refractivity contribution in [1.29, 1.82) is 5.26 Å². The van der Waals surface area contributed by atoms with E-state index in [1.54, 1.807) is 34.9 Å². The smallest absolute Gasteiger partial charge is 0.419 e. The fourth-order valence-corrected chi connectivity index (χ4v) is 4.35. The first-order chi connectivity index (χ1) is 17.4. The lowest BCUT2D eigenvalue weighted by Crippen LogP contribution is -2.38. The zero-order valence-electron chi connectivity index (χ0n) is 20.1. The Morgan fingerprint density at radius 3 is 2.75 bits per heavy atom. The van der Waals surface area contributed by atoms with Gasteiger partial charge in [-0.25, -0.2) is 4.79 Å². The fourth-order valence-electron chi connectivity index (χ4n) is 4.35. The highest BCUT2D eigenvalue weighted by molar-refractivity contribution is 5.94. The summed E-state index contributed by atoms with van der Waals surface area (Å²) in [4.78, 5) is 33.4. The SMILES string of the molecule is CN(C)CCn1c(=O)oc2ccc(NC(=O)C3CCN(c4oc(-c5ccco5)nc4C#N)CC3)cc21. The van der Waals surface area contributed by atoms with Crippen LogP contribution in [0.1, 0.15) is 18.5 Å². The van der Waals surface area contributed by atoms with E-state index >= 15 is 0 Å². The summed E-state index contributed by atoms with van der Waals surface area (Å²) in [6, 6.07) is 10.7. The van der Waals surface area contributed by atoms with Crippen LogP contribution in [0.2, 0.25) is 0 Å². The molecule has 1 amide bonds. The van der Waals surface area contributed by atoms with E-state index in [1.807, 2.05) is 23.9 Å². The number of oxazole rings is 2. The fraction of sp³-hybridized carbons (Fsp3) is 0.360. The second-order valence-corrected chi connectivity index (χ2v) is 9.02. The van der Waals surface area contributed by atoms with Gasteiger partial charge in [-0.15, -0.1) is 0 Å². The molecule has 0 unspecified atom stereocenters. The molecule has 11 heteroatoms. The van der Waals surface area contributed by atoms with Crippen molar-refractivity contribution in [3.8, 4) is 17.7 Å². The maximum Gasteiger partial charge on any atom is 0.419 e. The molecule has 0 atom stereocenters. The maximum atomic E-state index is 13.0. The molecule has 4 aromatic rings. The summed E-state index contributed by atoms with van der Waals surface area (Å²) in [7, 11) is 3.87. The summed E-state index contributed by atoms with van der Waals surface area (Å²) in [6.45, 7) is 2.27. The summed E-state index contributed by atoms with van der Waals surface area (Å²) >= 11 is 0. The molecule has 1 aliphatic heterocycles. The number of fused-ring (bicyclic) bond motifs is 1. The molecule has 1 saturated heterocycles. The highest BCUT2D eigenvalue weighted by atomic mass is 16.4. The van der Waals surface area contributed by atoms with Gasteiger partial charge in [-0.3, -0.25) is 9.36 Å². The van der Waals surface area contributed by atoms with Crippen molar-refractivity contribution in [1.82, 2.24) is 14.5 Å². The minimum absolute atomic E-state index is 0.0889. The number of rotatable bonds is 7. The van der Waals surface area contributed by atoms with Crippen LogP contribution < -0.4 is 16.0 Å². The van der Waals surface area contributed by atoms with Crippen LogP contribution in [0.4, 0.5) is 11.6 Å². The van der Waals surface area contributed by atoms with Crippen molar-refractivity contribution in [3.63, 3.8) is 0 Å². The van der Waals surface area contributed by atoms with Gasteiger partial charge in [-0.1, -0.05) is 0 Å². The second kappa shape index (κ2) is 9.75. The molecular weight excluding hydrogens is 464 g/mol. The number of hydrogen-bond donors (Lipinski definition) is 1. The Morgan fingerprint density at radius 2 is 2.06 bits per heavy atom. The molecule has 5 rings (SSSR count). The van der Waals surface area contributed by atoms with Gasteiger partial charge in [-0.2, -0.15) is 10.2 Å². The van der Waals surface area contributed by atoms with Crippen LogP contribution in [0.15, 0.2) is 54.6 Å². The van der Waals surface area contributed by atoms with Crippen molar-refractivity contribution in [2.24, 2.45) is 5.92 Å². The molecule has 1 fully saturated rings. The highest BCUT2D eigenvalue weighted by Gasteiger charge is 2.29. The quantitative estimate of drug-likeness (QED) is 0.415. The second-order valence-electron chi connectivity index (χ2n) is 9.02. The minimum atomic E-state index is -0.415. The van der Waals surface area contributed by atoms with Crippen LogP contribution in [-0.2, 0) is 11.3 Å². The van der Waals surface area contributed by atoms with Gasteiger partial charge in [-0.05, 0) is 57.3 Å². The number of piperidine rings is 1. The van der Waals surface area contributed by atoms with Crippen LogP contribution in [-0.4, -0.2) is 54.1 Å². The van der Waals surface area contributed by atoms with Crippen LogP contribution >= 0.6 is 0 Å². The number of aromatic nitrogens is 2. The Kier molecular flexibility index (Phi) is 6.35. The first kappa shape index (κ1) is 23.4.